The van der Waals surface area contributed by atoms with Gasteiger partial charge >= 0.3 is 0 Å². The van der Waals surface area contributed by atoms with Crippen molar-refractivity contribution in [2.45, 2.75) is 51.9 Å². The van der Waals surface area contributed by atoms with Crippen molar-refractivity contribution in [2.24, 2.45) is 4.99 Å². The summed E-state index contributed by atoms with van der Waals surface area (Å²) in [6, 6.07) is 17.3. The molecule has 2 aliphatic rings. The predicted molar refractivity (Wildman–Crippen MR) is 129 cm³/mol. The van der Waals surface area contributed by atoms with Gasteiger partial charge in [0, 0.05) is 38.2 Å². The van der Waals surface area contributed by atoms with E-state index in [9.17, 15) is 0 Å². The van der Waals surface area contributed by atoms with Gasteiger partial charge in [-0.15, -0.1) is 0 Å². The van der Waals surface area contributed by atoms with Gasteiger partial charge in [-0.2, -0.15) is 0 Å². The highest BCUT2D eigenvalue weighted by Gasteiger charge is 2.33. The van der Waals surface area contributed by atoms with Crippen molar-refractivity contribution in [3.8, 4) is 5.75 Å². The maximum Gasteiger partial charge on any atom is 0.192 e. The van der Waals surface area contributed by atoms with Crippen LogP contribution in [0.25, 0.3) is 0 Å². The first-order chi connectivity index (χ1) is 15.5. The topological polar surface area (TPSA) is 58.1 Å². The third kappa shape index (κ3) is 6.02. The normalized spacial score (nSPS) is 20.8. The third-order valence-electron chi connectivity index (χ3n) is 5.98. The molecule has 0 aliphatic carbocycles. The van der Waals surface area contributed by atoms with E-state index in [0.29, 0.717) is 6.54 Å². The fourth-order valence-corrected chi connectivity index (χ4v) is 4.35. The molecule has 0 bridgehead atoms. The maximum absolute atomic E-state index is 6.18. The van der Waals surface area contributed by atoms with Gasteiger partial charge in [0.25, 0.3) is 0 Å². The van der Waals surface area contributed by atoms with Crippen LogP contribution >= 0.6 is 0 Å². The van der Waals surface area contributed by atoms with Crippen molar-refractivity contribution in [2.75, 3.05) is 32.8 Å². The summed E-state index contributed by atoms with van der Waals surface area (Å²) in [5.74, 6) is 1.79. The number of ether oxygens (including phenoxy) is 2. The van der Waals surface area contributed by atoms with E-state index in [1.165, 1.54) is 16.7 Å². The summed E-state index contributed by atoms with van der Waals surface area (Å²) < 4.78 is 11.6. The first-order valence-corrected chi connectivity index (χ1v) is 11.7. The number of aliphatic imine (C=N–C) groups is 1. The summed E-state index contributed by atoms with van der Waals surface area (Å²) in [5, 5.41) is 7.05. The number of hydrogen-bond donors (Lipinski definition) is 2. The number of hydrogen-bond acceptors (Lipinski definition) is 4. The zero-order chi connectivity index (χ0) is 22.4. The molecule has 172 valence electrons. The summed E-state index contributed by atoms with van der Waals surface area (Å²) in [4.78, 5) is 7.31. The minimum Gasteiger partial charge on any atom is -0.487 e. The molecule has 1 saturated heterocycles. The van der Waals surface area contributed by atoms with Gasteiger partial charge in [-0.3, -0.25) is 4.90 Å². The summed E-state index contributed by atoms with van der Waals surface area (Å²) in [6.45, 7) is 12.5. The number of benzene rings is 2. The molecule has 1 fully saturated rings. The Morgan fingerprint density at radius 1 is 1.06 bits per heavy atom. The zero-order valence-electron chi connectivity index (χ0n) is 19.6. The van der Waals surface area contributed by atoms with Gasteiger partial charge in [-0.25, -0.2) is 4.99 Å². The number of guanidine groups is 1. The molecule has 0 radical (unpaired) electrons. The lowest BCUT2D eigenvalue weighted by molar-refractivity contribution is 0.0342. The summed E-state index contributed by atoms with van der Waals surface area (Å²) in [6.07, 6.45) is 0.880. The molecule has 32 heavy (non-hydrogen) atoms. The van der Waals surface area contributed by atoms with E-state index in [1.807, 2.05) is 12.1 Å². The van der Waals surface area contributed by atoms with Gasteiger partial charge in [0.1, 0.15) is 11.4 Å². The SMILES string of the molecule is CCNC(=NCc1ccc(CN2CCOCC2)cc1)NC1CC(C)(C)Oc2ccccc21. The minimum absolute atomic E-state index is 0.156. The molecule has 0 aromatic heterocycles. The number of nitrogens with zero attached hydrogens (tertiary/aromatic N) is 2. The van der Waals surface area contributed by atoms with Gasteiger partial charge in [0.2, 0.25) is 0 Å². The lowest BCUT2D eigenvalue weighted by atomic mass is 9.90. The van der Waals surface area contributed by atoms with Crippen LogP contribution < -0.4 is 15.4 Å². The van der Waals surface area contributed by atoms with E-state index in [-0.39, 0.29) is 11.6 Å². The van der Waals surface area contributed by atoms with Crippen molar-refractivity contribution in [1.82, 2.24) is 15.5 Å². The standard InChI is InChI=1S/C26H36N4O2/c1-4-27-25(29-23-17-26(2,3)32-24-8-6-5-7-22(23)24)28-18-20-9-11-21(12-10-20)19-30-13-15-31-16-14-30/h5-12,23H,4,13-19H2,1-3H3,(H2,27,28,29). The number of para-hydroxylation sites is 1. The van der Waals surface area contributed by atoms with Crippen molar-refractivity contribution >= 4 is 5.96 Å². The summed E-state index contributed by atoms with van der Waals surface area (Å²) in [7, 11) is 0. The van der Waals surface area contributed by atoms with Crippen molar-refractivity contribution in [1.29, 1.82) is 0 Å². The fourth-order valence-electron chi connectivity index (χ4n) is 4.35. The molecule has 1 unspecified atom stereocenters. The van der Waals surface area contributed by atoms with Crippen LogP contribution in [0.15, 0.2) is 53.5 Å². The molecular formula is C26H36N4O2. The second kappa shape index (κ2) is 10.4. The minimum atomic E-state index is -0.223. The summed E-state index contributed by atoms with van der Waals surface area (Å²) >= 11 is 0. The molecule has 6 heteroatoms. The molecule has 2 aliphatic heterocycles. The van der Waals surface area contributed by atoms with Gasteiger partial charge in [-0.1, -0.05) is 42.5 Å². The first kappa shape index (κ1) is 22.6. The maximum atomic E-state index is 6.18. The van der Waals surface area contributed by atoms with Gasteiger partial charge in [-0.05, 0) is 38.0 Å². The highest BCUT2D eigenvalue weighted by atomic mass is 16.5. The quantitative estimate of drug-likeness (QED) is 0.532. The number of rotatable bonds is 6. The average Bonchev–Trinajstić information content (AvgIpc) is 2.78. The van der Waals surface area contributed by atoms with Gasteiger partial charge < -0.3 is 20.1 Å². The Labute approximate surface area is 192 Å². The van der Waals surface area contributed by atoms with Crippen LogP contribution in [0.3, 0.4) is 0 Å². The van der Waals surface area contributed by atoms with Crippen LogP contribution in [0.1, 0.15) is 49.9 Å². The molecular weight excluding hydrogens is 400 g/mol. The van der Waals surface area contributed by atoms with Crippen LogP contribution in [0.4, 0.5) is 0 Å². The van der Waals surface area contributed by atoms with E-state index >= 15 is 0 Å². The second-order valence-electron chi connectivity index (χ2n) is 9.20. The Hall–Kier alpha value is -2.57. The van der Waals surface area contributed by atoms with E-state index in [1.54, 1.807) is 0 Å². The van der Waals surface area contributed by atoms with Gasteiger partial charge in [0.15, 0.2) is 5.96 Å². The number of fused-ring (bicyclic) bond motifs is 1. The third-order valence-corrected chi connectivity index (χ3v) is 5.98. The number of morpholine rings is 1. The fraction of sp³-hybridized carbons (Fsp3) is 0.500. The highest BCUT2D eigenvalue weighted by molar-refractivity contribution is 5.80. The van der Waals surface area contributed by atoms with Gasteiger partial charge in [0.05, 0.1) is 25.8 Å². The Kier molecular flexibility index (Phi) is 7.33. The van der Waals surface area contributed by atoms with E-state index in [2.05, 4.69) is 72.7 Å². The van der Waals surface area contributed by atoms with Crippen LogP contribution in [0.2, 0.25) is 0 Å². The molecule has 6 nitrogen and oxygen atoms in total. The Morgan fingerprint density at radius 2 is 1.78 bits per heavy atom. The van der Waals surface area contributed by atoms with E-state index < -0.39 is 0 Å². The van der Waals surface area contributed by atoms with Crippen molar-refractivity contribution < 1.29 is 9.47 Å². The Morgan fingerprint density at radius 3 is 2.53 bits per heavy atom. The molecule has 2 heterocycles. The predicted octanol–water partition coefficient (Wildman–Crippen LogP) is 3.88. The first-order valence-electron chi connectivity index (χ1n) is 11.7. The molecule has 1 atom stereocenters. The average molecular weight is 437 g/mol. The second-order valence-corrected chi connectivity index (χ2v) is 9.20. The monoisotopic (exact) mass is 436 g/mol. The molecule has 4 rings (SSSR count). The molecule has 0 saturated carbocycles. The van der Waals surface area contributed by atoms with Crippen molar-refractivity contribution in [3.63, 3.8) is 0 Å². The lowest BCUT2D eigenvalue weighted by Gasteiger charge is -2.38. The largest absolute Gasteiger partial charge is 0.487 e. The van der Waals surface area contributed by atoms with E-state index in [4.69, 9.17) is 14.5 Å². The van der Waals surface area contributed by atoms with Crippen molar-refractivity contribution in [3.05, 3.63) is 65.2 Å². The molecule has 2 aromatic carbocycles. The molecule has 0 amide bonds. The Balaban J connectivity index is 1.41. The number of nitrogens with one attached hydrogen (secondary N) is 2. The molecule has 0 spiro atoms. The molecule has 2 aromatic rings. The summed E-state index contributed by atoms with van der Waals surface area (Å²) in [5.41, 5.74) is 3.51. The lowest BCUT2D eigenvalue weighted by Crippen LogP contribution is -2.45. The van der Waals surface area contributed by atoms with Crippen LogP contribution in [0.5, 0.6) is 5.75 Å². The van der Waals surface area contributed by atoms with Crippen LogP contribution in [-0.4, -0.2) is 49.3 Å². The van der Waals surface area contributed by atoms with Crippen LogP contribution in [0, 0.1) is 0 Å². The molecule has 2 N–H and O–H groups in total. The Bertz CT molecular complexity index is 904. The van der Waals surface area contributed by atoms with E-state index in [0.717, 1.165) is 57.5 Å². The zero-order valence-corrected chi connectivity index (χ0v) is 19.6. The highest BCUT2D eigenvalue weighted by Crippen LogP contribution is 2.39. The smallest absolute Gasteiger partial charge is 0.192 e. The van der Waals surface area contributed by atoms with Crippen LogP contribution in [-0.2, 0) is 17.8 Å².